The van der Waals surface area contributed by atoms with Crippen molar-refractivity contribution in [3.05, 3.63) is 48.5 Å². The zero-order valence-electron chi connectivity index (χ0n) is 7.52. The van der Waals surface area contributed by atoms with Gasteiger partial charge in [-0.25, -0.2) is 9.97 Å². The Hall–Kier alpha value is -1.22. The molecule has 0 saturated heterocycles. The fraction of sp³-hybridized carbons (Fsp3) is 0.0909. The fourth-order valence-electron chi connectivity index (χ4n) is 1.20. The van der Waals surface area contributed by atoms with Gasteiger partial charge in [-0.1, -0.05) is 46.3 Å². The van der Waals surface area contributed by atoms with Gasteiger partial charge in [0, 0.05) is 18.0 Å². The van der Waals surface area contributed by atoms with Crippen molar-refractivity contribution in [1.82, 2.24) is 9.97 Å². The molecule has 0 spiro atoms. The van der Waals surface area contributed by atoms with E-state index in [1.807, 2.05) is 42.7 Å². The van der Waals surface area contributed by atoms with E-state index >= 15 is 0 Å². The standard InChI is InChI=1S/C11H9BrN2/c12-6-11-13-7-10(8-14-11)9-4-2-1-3-5-9/h1-5,7-8H,6H2. The highest BCUT2D eigenvalue weighted by Crippen LogP contribution is 2.16. The van der Waals surface area contributed by atoms with Crippen LogP contribution in [0, 0.1) is 0 Å². The Morgan fingerprint density at radius 3 is 2.14 bits per heavy atom. The molecule has 1 aromatic carbocycles. The largest absolute Gasteiger partial charge is 0.240 e. The summed E-state index contributed by atoms with van der Waals surface area (Å²) in [6, 6.07) is 10.1. The molecule has 70 valence electrons. The van der Waals surface area contributed by atoms with Crippen molar-refractivity contribution in [2.45, 2.75) is 5.33 Å². The van der Waals surface area contributed by atoms with Crippen LogP contribution in [0.25, 0.3) is 11.1 Å². The van der Waals surface area contributed by atoms with Gasteiger partial charge in [0.25, 0.3) is 0 Å². The fourth-order valence-corrected chi connectivity index (χ4v) is 1.49. The predicted octanol–water partition coefficient (Wildman–Crippen LogP) is 3.04. The van der Waals surface area contributed by atoms with Crippen molar-refractivity contribution in [3.63, 3.8) is 0 Å². The van der Waals surface area contributed by atoms with Gasteiger partial charge in [-0.05, 0) is 5.56 Å². The van der Waals surface area contributed by atoms with E-state index in [9.17, 15) is 0 Å². The first-order valence-corrected chi connectivity index (χ1v) is 5.44. The minimum Gasteiger partial charge on any atom is -0.240 e. The van der Waals surface area contributed by atoms with E-state index in [1.165, 1.54) is 0 Å². The van der Waals surface area contributed by atoms with Crippen molar-refractivity contribution in [2.75, 3.05) is 0 Å². The maximum atomic E-state index is 4.22. The number of aromatic nitrogens is 2. The predicted molar refractivity (Wildman–Crippen MR) is 60.1 cm³/mol. The SMILES string of the molecule is BrCc1ncc(-c2ccccc2)cn1. The highest BCUT2D eigenvalue weighted by atomic mass is 79.9. The number of rotatable bonds is 2. The van der Waals surface area contributed by atoms with Crippen LogP contribution < -0.4 is 0 Å². The van der Waals surface area contributed by atoms with Gasteiger partial charge in [0.05, 0.1) is 5.33 Å². The maximum Gasteiger partial charge on any atom is 0.138 e. The molecule has 0 saturated carbocycles. The van der Waals surface area contributed by atoms with Crippen LogP contribution in [0.1, 0.15) is 5.82 Å². The Balaban J connectivity index is 2.34. The lowest BCUT2D eigenvalue weighted by atomic mass is 10.1. The first-order valence-electron chi connectivity index (χ1n) is 4.32. The van der Waals surface area contributed by atoms with Gasteiger partial charge in [0.15, 0.2) is 0 Å². The lowest BCUT2D eigenvalue weighted by Crippen LogP contribution is -1.90. The Bertz CT molecular complexity index is 397. The van der Waals surface area contributed by atoms with Gasteiger partial charge >= 0.3 is 0 Å². The highest BCUT2D eigenvalue weighted by molar-refractivity contribution is 9.08. The first kappa shape index (κ1) is 9.34. The molecule has 0 unspecified atom stereocenters. The molecule has 2 nitrogen and oxygen atoms in total. The van der Waals surface area contributed by atoms with Gasteiger partial charge in [0.1, 0.15) is 5.82 Å². The Kier molecular flexibility index (Phi) is 2.89. The third-order valence-electron chi connectivity index (χ3n) is 1.93. The third kappa shape index (κ3) is 1.99. The van der Waals surface area contributed by atoms with Gasteiger partial charge in [-0.3, -0.25) is 0 Å². The van der Waals surface area contributed by atoms with Crippen LogP contribution in [0.5, 0.6) is 0 Å². The summed E-state index contributed by atoms with van der Waals surface area (Å²) in [7, 11) is 0. The van der Waals surface area contributed by atoms with E-state index in [4.69, 9.17) is 0 Å². The van der Waals surface area contributed by atoms with Crippen molar-refractivity contribution in [2.24, 2.45) is 0 Å². The lowest BCUT2D eigenvalue weighted by molar-refractivity contribution is 1.04. The van der Waals surface area contributed by atoms with Crippen LogP contribution in [-0.4, -0.2) is 9.97 Å². The van der Waals surface area contributed by atoms with Crippen molar-refractivity contribution >= 4 is 15.9 Å². The van der Waals surface area contributed by atoms with E-state index in [1.54, 1.807) is 0 Å². The molecule has 1 aromatic heterocycles. The van der Waals surface area contributed by atoms with Gasteiger partial charge in [0.2, 0.25) is 0 Å². The van der Waals surface area contributed by atoms with Gasteiger partial charge < -0.3 is 0 Å². The zero-order chi connectivity index (χ0) is 9.80. The van der Waals surface area contributed by atoms with Crippen molar-refractivity contribution in [1.29, 1.82) is 0 Å². The summed E-state index contributed by atoms with van der Waals surface area (Å²) in [6.45, 7) is 0. The van der Waals surface area contributed by atoms with Crippen LogP contribution in [-0.2, 0) is 5.33 Å². The second-order valence-corrected chi connectivity index (χ2v) is 3.45. The monoisotopic (exact) mass is 248 g/mol. The quantitative estimate of drug-likeness (QED) is 0.764. The van der Waals surface area contributed by atoms with Gasteiger partial charge in [-0.2, -0.15) is 0 Å². The molecule has 0 bridgehead atoms. The number of benzene rings is 1. The second kappa shape index (κ2) is 4.33. The molecule has 3 heteroatoms. The summed E-state index contributed by atoms with van der Waals surface area (Å²) >= 11 is 3.31. The van der Waals surface area contributed by atoms with Crippen LogP contribution >= 0.6 is 15.9 Å². The molecule has 0 N–H and O–H groups in total. The molecule has 0 radical (unpaired) electrons. The Morgan fingerprint density at radius 2 is 1.57 bits per heavy atom. The molecule has 1 heterocycles. The first-order chi connectivity index (χ1) is 6.90. The summed E-state index contributed by atoms with van der Waals surface area (Å²) in [5.74, 6) is 0.810. The average molecular weight is 249 g/mol. The average Bonchev–Trinajstić information content (AvgIpc) is 2.30. The summed E-state index contributed by atoms with van der Waals surface area (Å²) < 4.78 is 0. The normalized spacial score (nSPS) is 10.1. The summed E-state index contributed by atoms with van der Waals surface area (Å²) in [4.78, 5) is 8.43. The van der Waals surface area contributed by atoms with Crippen LogP contribution in [0.2, 0.25) is 0 Å². The minimum atomic E-state index is 0.696. The van der Waals surface area contributed by atoms with E-state index < -0.39 is 0 Å². The van der Waals surface area contributed by atoms with Crippen LogP contribution in [0.3, 0.4) is 0 Å². The van der Waals surface area contributed by atoms with Gasteiger partial charge in [-0.15, -0.1) is 0 Å². The molecule has 0 atom stereocenters. The van der Waals surface area contributed by atoms with E-state index in [0.29, 0.717) is 5.33 Å². The molecule has 0 aliphatic carbocycles. The summed E-state index contributed by atoms with van der Waals surface area (Å²) in [5.41, 5.74) is 2.20. The summed E-state index contributed by atoms with van der Waals surface area (Å²) in [6.07, 6.45) is 3.69. The highest BCUT2D eigenvalue weighted by Gasteiger charge is 1.97. The minimum absolute atomic E-state index is 0.696. The second-order valence-electron chi connectivity index (χ2n) is 2.89. The number of hydrogen-bond acceptors (Lipinski definition) is 2. The number of alkyl halides is 1. The van der Waals surface area contributed by atoms with E-state index in [-0.39, 0.29) is 0 Å². The third-order valence-corrected chi connectivity index (χ3v) is 2.43. The number of hydrogen-bond donors (Lipinski definition) is 0. The van der Waals surface area contributed by atoms with E-state index in [0.717, 1.165) is 17.0 Å². The van der Waals surface area contributed by atoms with E-state index in [2.05, 4.69) is 25.9 Å². The Labute approximate surface area is 91.2 Å². The molecule has 2 rings (SSSR count). The summed E-state index contributed by atoms with van der Waals surface area (Å²) in [5, 5.41) is 0.696. The molecule has 0 aliphatic heterocycles. The Morgan fingerprint density at radius 1 is 0.929 bits per heavy atom. The number of nitrogens with zero attached hydrogens (tertiary/aromatic N) is 2. The maximum absolute atomic E-state index is 4.22. The molecular formula is C11H9BrN2. The molecule has 0 aliphatic rings. The van der Waals surface area contributed by atoms with Crippen LogP contribution in [0.4, 0.5) is 0 Å². The van der Waals surface area contributed by atoms with Crippen molar-refractivity contribution < 1.29 is 0 Å². The molecule has 14 heavy (non-hydrogen) atoms. The smallest absolute Gasteiger partial charge is 0.138 e. The topological polar surface area (TPSA) is 25.8 Å². The molecule has 2 aromatic rings. The lowest BCUT2D eigenvalue weighted by Gasteiger charge is -2.00. The molecular weight excluding hydrogens is 240 g/mol. The molecule has 0 fully saturated rings. The van der Waals surface area contributed by atoms with Crippen LogP contribution in [0.15, 0.2) is 42.7 Å². The van der Waals surface area contributed by atoms with Crippen molar-refractivity contribution in [3.8, 4) is 11.1 Å². The zero-order valence-corrected chi connectivity index (χ0v) is 9.11. The number of halogens is 1. The molecule has 0 amide bonds.